The van der Waals surface area contributed by atoms with E-state index in [1.165, 1.54) is 12.8 Å². The van der Waals surface area contributed by atoms with E-state index in [-0.39, 0.29) is 0 Å². The average Bonchev–Trinajstić information content (AvgIpc) is 3.12. The number of nitrogens with zero attached hydrogens (tertiary/aromatic N) is 3. The third-order valence-electron chi connectivity index (χ3n) is 3.71. The summed E-state index contributed by atoms with van der Waals surface area (Å²) < 4.78 is 7.54. The van der Waals surface area contributed by atoms with Crippen molar-refractivity contribution >= 4 is 0 Å². The van der Waals surface area contributed by atoms with Crippen LogP contribution in [0.15, 0.2) is 0 Å². The zero-order valence-electron chi connectivity index (χ0n) is 10.4. The SMILES string of the molecule is Cn1c(CNC2CC2)nnc1C1CCOCC1. The van der Waals surface area contributed by atoms with Crippen molar-refractivity contribution in [2.45, 2.75) is 44.2 Å². The van der Waals surface area contributed by atoms with E-state index in [2.05, 4.69) is 27.1 Å². The van der Waals surface area contributed by atoms with Crippen LogP contribution >= 0.6 is 0 Å². The lowest BCUT2D eigenvalue weighted by atomic mass is 9.99. The highest BCUT2D eigenvalue weighted by atomic mass is 16.5. The quantitative estimate of drug-likeness (QED) is 0.846. The maximum atomic E-state index is 5.39. The van der Waals surface area contributed by atoms with Crippen LogP contribution in [-0.2, 0) is 18.3 Å². The van der Waals surface area contributed by atoms with Crippen LogP contribution in [0, 0.1) is 0 Å². The van der Waals surface area contributed by atoms with E-state index >= 15 is 0 Å². The van der Waals surface area contributed by atoms with Crippen LogP contribution in [0.2, 0.25) is 0 Å². The first-order valence-electron chi connectivity index (χ1n) is 6.54. The summed E-state index contributed by atoms with van der Waals surface area (Å²) in [5, 5.41) is 12.1. The van der Waals surface area contributed by atoms with E-state index < -0.39 is 0 Å². The van der Waals surface area contributed by atoms with Gasteiger partial charge in [-0.3, -0.25) is 0 Å². The number of ether oxygens (including phenoxy) is 1. The van der Waals surface area contributed by atoms with Crippen molar-refractivity contribution in [2.75, 3.05) is 13.2 Å². The maximum absolute atomic E-state index is 5.39. The van der Waals surface area contributed by atoms with Crippen LogP contribution in [0.3, 0.4) is 0 Å². The van der Waals surface area contributed by atoms with Gasteiger partial charge in [0.05, 0.1) is 6.54 Å². The molecule has 2 fully saturated rings. The van der Waals surface area contributed by atoms with Crippen LogP contribution in [0.25, 0.3) is 0 Å². The van der Waals surface area contributed by atoms with Crippen molar-refractivity contribution < 1.29 is 4.74 Å². The summed E-state index contributed by atoms with van der Waals surface area (Å²) in [5.41, 5.74) is 0. The third kappa shape index (κ3) is 2.50. The summed E-state index contributed by atoms with van der Waals surface area (Å²) in [7, 11) is 2.08. The Labute approximate surface area is 102 Å². The minimum Gasteiger partial charge on any atom is -0.381 e. The molecule has 0 atom stereocenters. The molecule has 2 aliphatic rings. The van der Waals surface area contributed by atoms with Crippen molar-refractivity contribution in [1.82, 2.24) is 20.1 Å². The second kappa shape index (κ2) is 4.74. The summed E-state index contributed by atoms with van der Waals surface area (Å²) in [6, 6.07) is 0.721. The summed E-state index contributed by atoms with van der Waals surface area (Å²) in [6.07, 6.45) is 4.76. The minimum atomic E-state index is 0.524. The Morgan fingerprint density at radius 3 is 2.71 bits per heavy atom. The number of nitrogens with one attached hydrogen (secondary N) is 1. The Morgan fingerprint density at radius 1 is 1.24 bits per heavy atom. The van der Waals surface area contributed by atoms with E-state index in [0.29, 0.717) is 5.92 Å². The predicted octanol–water partition coefficient (Wildman–Crippen LogP) is 0.961. The van der Waals surface area contributed by atoms with Crippen molar-refractivity contribution in [2.24, 2.45) is 7.05 Å². The highest BCUT2D eigenvalue weighted by Gasteiger charge is 2.24. The summed E-state index contributed by atoms with van der Waals surface area (Å²) in [4.78, 5) is 0. The molecule has 1 saturated heterocycles. The monoisotopic (exact) mass is 236 g/mol. The van der Waals surface area contributed by atoms with E-state index in [0.717, 1.165) is 50.3 Å². The van der Waals surface area contributed by atoms with E-state index in [1.807, 2.05) is 0 Å². The van der Waals surface area contributed by atoms with E-state index in [4.69, 9.17) is 4.74 Å². The summed E-state index contributed by atoms with van der Waals surface area (Å²) in [6.45, 7) is 2.55. The Hall–Kier alpha value is -0.940. The molecule has 0 bridgehead atoms. The minimum absolute atomic E-state index is 0.524. The molecule has 0 unspecified atom stereocenters. The van der Waals surface area contributed by atoms with Gasteiger partial charge < -0.3 is 14.6 Å². The molecule has 0 spiro atoms. The van der Waals surface area contributed by atoms with Crippen LogP contribution in [0.1, 0.15) is 43.3 Å². The lowest BCUT2D eigenvalue weighted by molar-refractivity contribution is 0.0829. The molecule has 94 valence electrons. The Kier molecular flexibility index (Phi) is 3.11. The highest BCUT2D eigenvalue weighted by Crippen LogP contribution is 2.25. The van der Waals surface area contributed by atoms with Gasteiger partial charge >= 0.3 is 0 Å². The van der Waals surface area contributed by atoms with Crippen LogP contribution in [0.4, 0.5) is 0 Å². The Bertz CT molecular complexity index is 380. The molecule has 2 heterocycles. The van der Waals surface area contributed by atoms with Crippen molar-refractivity contribution in [3.8, 4) is 0 Å². The molecule has 0 radical (unpaired) electrons. The molecule has 1 aromatic heterocycles. The van der Waals surface area contributed by atoms with Gasteiger partial charge in [-0.05, 0) is 25.7 Å². The molecule has 1 N–H and O–H groups in total. The molecular formula is C12H20N4O. The molecule has 17 heavy (non-hydrogen) atoms. The van der Waals surface area contributed by atoms with Gasteiger partial charge in [-0.25, -0.2) is 0 Å². The molecule has 1 aliphatic heterocycles. The number of rotatable bonds is 4. The molecule has 1 saturated carbocycles. The van der Waals surface area contributed by atoms with Crippen LogP contribution in [-0.4, -0.2) is 34.0 Å². The van der Waals surface area contributed by atoms with Gasteiger partial charge in [0.15, 0.2) is 0 Å². The van der Waals surface area contributed by atoms with Gasteiger partial charge in [0.25, 0.3) is 0 Å². The number of aromatic nitrogens is 3. The zero-order valence-corrected chi connectivity index (χ0v) is 10.4. The summed E-state index contributed by atoms with van der Waals surface area (Å²) in [5.74, 6) is 2.70. The molecule has 5 nitrogen and oxygen atoms in total. The first-order chi connectivity index (χ1) is 8.34. The van der Waals surface area contributed by atoms with Gasteiger partial charge in [0.2, 0.25) is 0 Å². The van der Waals surface area contributed by atoms with Gasteiger partial charge in [-0.2, -0.15) is 0 Å². The molecule has 3 rings (SSSR count). The van der Waals surface area contributed by atoms with Crippen molar-refractivity contribution in [1.29, 1.82) is 0 Å². The molecular weight excluding hydrogens is 216 g/mol. The van der Waals surface area contributed by atoms with Gasteiger partial charge in [0, 0.05) is 32.2 Å². The fraction of sp³-hybridized carbons (Fsp3) is 0.833. The molecule has 0 amide bonds. The number of hydrogen-bond donors (Lipinski definition) is 1. The van der Waals surface area contributed by atoms with E-state index in [9.17, 15) is 0 Å². The molecule has 1 aliphatic carbocycles. The average molecular weight is 236 g/mol. The fourth-order valence-electron chi connectivity index (χ4n) is 2.36. The topological polar surface area (TPSA) is 52.0 Å². The molecule has 0 aromatic carbocycles. The molecule has 1 aromatic rings. The summed E-state index contributed by atoms with van der Waals surface area (Å²) >= 11 is 0. The standard InChI is InChI=1S/C12H20N4O/c1-16-11(8-13-10-2-3-10)14-15-12(16)9-4-6-17-7-5-9/h9-10,13H,2-8H2,1H3. The normalized spacial score (nSPS) is 21.9. The second-order valence-corrected chi connectivity index (χ2v) is 5.08. The van der Waals surface area contributed by atoms with Crippen molar-refractivity contribution in [3.05, 3.63) is 11.6 Å². The van der Waals surface area contributed by atoms with E-state index in [1.54, 1.807) is 0 Å². The number of hydrogen-bond acceptors (Lipinski definition) is 4. The highest BCUT2D eigenvalue weighted by molar-refractivity contribution is 5.02. The second-order valence-electron chi connectivity index (χ2n) is 5.08. The lowest BCUT2D eigenvalue weighted by Gasteiger charge is -2.21. The van der Waals surface area contributed by atoms with Gasteiger partial charge in [0.1, 0.15) is 11.6 Å². The van der Waals surface area contributed by atoms with Gasteiger partial charge in [-0.1, -0.05) is 0 Å². The van der Waals surface area contributed by atoms with Crippen LogP contribution < -0.4 is 5.32 Å². The zero-order chi connectivity index (χ0) is 11.7. The fourth-order valence-corrected chi connectivity index (χ4v) is 2.36. The maximum Gasteiger partial charge on any atom is 0.146 e. The van der Waals surface area contributed by atoms with Crippen LogP contribution in [0.5, 0.6) is 0 Å². The lowest BCUT2D eigenvalue weighted by Crippen LogP contribution is -2.20. The van der Waals surface area contributed by atoms with Gasteiger partial charge in [-0.15, -0.1) is 10.2 Å². The largest absolute Gasteiger partial charge is 0.381 e. The third-order valence-corrected chi connectivity index (χ3v) is 3.71. The first kappa shape index (κ1) is 11.2. The molecule has 5 heteroatoms. The Morgan fingerprint density at radius 2 is 2.00 bits per heavy atom. The van der Waals surface area contributed by atoms with Crippen molar-refractivity contribution in [3.63, 3.8) is 0 Å². The Balaban J connectivity index is 1.66. The first-order valence-corrected chi connectivity index (χ1v) is 6.54. The predicted molar refractivity (Wildman–Crippen MR) is 63.7 cm³/mol. The smallest absolute Gasteiger partial charge is 0.146 e.